The fourth-order valence-electron chi connectivity index (χ4n) is 1.39. The summed E-state index contributed by atoms with van der Waals surface area (Å²) in [5, 5.41) is 0. The predicted octanol–water partition coefficient (Wildman–Crippen LogP) is 1.31. The molecule has 0 rings (SSSR count). The summed E-state index contributed by atoms with van der Waals surface area (Å²) in [6.45, 7) is 11.1. The molecule has 0 heterocycles. The van der Waals surface area contributed by atoms with Gasteiger partial charge in [0.1, 0.15) is 11.6 Å². The number of nitrogens with one attached hydrogen (secondary N) is 1. The van der Waals surface area contributed by atoms with Gasteiger partial charge in [-0.05, 0) is 33.6 Å². The van der Waals surface area contributed by atoms with Crippen LogP contribution in [0, 0.1) is 5.92 Å². The third kappa shape index (κ3) is 8.50. The molecule has 0 radical (unpaired) electrons. The van der Waals surface area contributed by atoms with E-state index in [1.165, 1.54) is 0 Å². The smallest absolute Gasteiger partial charge is 0.324 e. The van der Waals surface area contributed by atoms with Crippen LogP contribution in [-0.4, -0.2) is 45.0 Å². The summed E-state index contributed by atoms with van der Waals surface area (Å²) < 4.78 is 36.4. The van der Waals surface area contributed by atoms with Gasteiger partial charge in [0.15, 0.2) is 0 Å². The Morgan fingerprint density at radius 1 is 1.25 bits per heavy atom. The summed E-state index contributed by atoms with van der Waals surface area (Å²) in [4.78, 5) is 12.0. The molecule has 20 heavy (non-hydrogen) atoms. The van der Waals surface area contributed by atoms with Gasteiger partial charge in [0.25, 0.3) is 0 Å². The standard InChI is InChI=1S/C13H27NO5S/c1-7-18-8-9-20(16,17)14-11(10(2)3)12(15)19-13(4,5)6/h10-11,14H,7-9H2,1-6H3/t11-/m0/s1. The topological polar surface area (TPSA) is 81.7 Å². The predicted molar refractivity (Wildman–Crippen MR) is 77.9 cm³/mol. The Morgan fingerprint density at radius 3 is 2.20 bits per heavy atom. The van der Waals surface area contributed by atoms with Crippen LogP contribution in [0.15, 0.2) is 0 Å². The van der Waals surface area contributed by atoms with Crippen LogP contribution in [0.4, 0.5) is 0 Å². The van der Waals surface area contributed by atoms with Crippen LogP contribution in [-0.2, 0) is 24.3 Å². The number of carbonyl (C=O) groups excluding carboxylic acids is 1. The molecule has 0 saturated heterocycles. The van der Waals surface area contributed by atoms with Crippen molar-refractivity contribution in [1.29, 1.82) is 0 Å². The van der Waals surface area contributed by atoms with Gasteiger partial charge in [0.05, 0.1) is 12.4 Å². The van der Waals surface area contributed by atoms with Crippen molar-refractivity contribution >= 4 is 16.0 Å². The second-order valence-electron chi connectivity index (χ2n) is 5.89. The second-order valence-corrected chi connectivity index (χ2v) is 7.76. The maximum absolute atomic E-state index is 12.0. The lowest BCUT2D eigenvalue weighted by Crippen LogP contribution is -2.48. The van der Waals surface area contributed by atoms with E-state index in [1.54, 1.807) is 41.5 Å². The van der Waals surface area contributed by atoms with E-state index in [1.807, 2.05) is 0 Å². The number of ether oxygens (including phenoxy) is 2. The number of sulfonamides is 1. The van der Waals surface area contributed by atoms with Crippen LogP contribution in [0.1, 0.15) is 41.5 Å². The van der Waals surface area contributed by atoms with Crippen molar-refractivity contribution in [2.24, 2.45) is 5.92 Å². The second kappa shape index (κ2) is 7.95. The van der Waals surface area contributed by atoms with Crippen molar-refractivity contribution in [1.82, 2.24) is 4.72 Å². The molecule has 0 unspecified atom stereocenters. The third-order valence-electron chi connectivity index (χ3n) is 2.33. The largest absolute Gasteiger partial charge is 0.459 e. The Morgan fingerprint density at radius 2 is 1.80 bits per heavy atom. The highest BCUT2D eigenvalue weighted by Gasteiger charge is 2.31. The summed E-state index contributed by atoms with van der Waals surface area (Å²) in [5.41, 5.74) is -0.652. The van der Waals surface area contributed by atoms with Crippen LogP contribution in [0.2, 0.25) is 0 Å². The Labute approximate surface area is 122 Å². The molecule has 0 aliphatic carbocycles. The van der Waals surface area contributed by atoms with Crippen LogP contribution in [0.3, 0.4) is 0 Å². The zero-order valence-corrected chi connectivity index (χ0v) is 14.0. The van der Waals surface area contributed by atoms with Gasteiger partial charge in [-0.2, -0.15) is 0 Å². The molecule has 0 spiro atoms. The molecule has 0 aromatic heterocycles. The zero-order valence-electron chi connectivity index (χ0n) is 13.2. The first-order valence-electron chi connectivity index (χ1n) is 6.79. The lowest BCUT2D eigenvalue weighted by molar-refractivity contribution is -0.158. The highest BCUT2D eigenvalue weighted by molar-refractivity contribution is 7.89. The first-order chi connectivity index (χ1) is 8.98. The molecule has 120 valence electrons. The average Bonchev–Trinajstić information content (AvgIpc) is 2.23. The minimum Gasteiger partial charge on any atom is -0.459 e. The average molecular weight is 309 g/mol. The van der Waals surface area contributed by atoms with Crippen molar-refractivity contribution in [3.63, 3.8) is 0 Å². The molecule has 0 amide bonds. The highest BCUT2D eigenvalue weighted by Crippen LogP contribution is 2.13. The molecule has 0 aromatic carbocycles. The summed E-state index contributed by atoms with van der Waals surface area (Å²) in [6, 6.07) is -0.888. The van der Waals surface area contributed by atoms with Gasteiger partial charge in [-0.15, -0.1) is 0 Å². The van der Waals surface area contributed by atoms with Gasteiger partial charge in [0.2, 0.25) is 10.0 Å². The lowest BCUT2D eigenvalue weighted by Gasteiger charge is -2.26. The minimum absolute atomic E-state index is 0.102. The minimum atomic E-state index is -3.57. The molecule has 7 heteroatoms. The Bertz CT molecular complexity index is 397. The van der Waals surface area contributed by atoms with Crippen LogP contribution in [0.25, 0.3) is 0 Å². The van der Waals surface area contributed by atoms with Crippen molar-refractivity contribution in [2.45, 2.75) is 53.2 Å². The third-order valence-corrected chi connectivity index (χ3v) is 3.65. The molecular formula is C13H27NO5S. The fraction of sp³-hybridized carbons (Fsp3) is 0.923. The number of rotatable bonds is 8. The van der Waals surface area contributed by atoms with Gasteiger partial charge in [-0.1, -0.05) is 13.8 Å². The van der Waals surface area contributed by atoms with Crippen molar-refractivity contribution < 1.29 is 22.7 Å². The van der Waals surface area contributed by atoms with Gasteiger partial charge in [-0.25, -0.2) is 13.1 Å². The van der Waals surface area contributed by atoms with Gasteiger partial charge >= 0.3 is 5.97 Å². The quantitative estimate of drug-likeness (QED) is 0.540. The molecule has 1 atom stereocenters. The van der Waals surface area contributed by atoms with Crippen LogP contribution < -0.4 is 4.72 Å². The Kier molecular flexibility index (Phi) is 7.69. The number of carbonyl (C=O) groups is 1. The zero-order chi connectivity index (χ0) is 16.0. The van der Waals surface area contributed by atoms with E-state index in [2.05, 4.69) is 4.72 Å². The molecule has 0 fully saturated rings. The first-order valence-corrected chi connectivity index (χ1v) is 8.44. The molecule has 0 aliphatic heterocycles. The van der Waals surface area contributed by atoms with Crippen molar-refractivity contribution in [2.75, 3.05) is 19.0 Å². The van der Waals surface area contributed by atoms with E-state index in [0.29, 0.717) is 6.61 Å². The summed E-state index contributed by atoms with van der Waals surface area (Å²) in [5.74, 6) is -0.938. The summed E-state index contributed by atoms with van der Waals surface area (Å²) in [7, 11) is -3.57. The monoisotopic (exact) mass is 309 g/mol. The summed E-state index contributed by atoms with van der Waals surface area (Å²) >= 11 is 0. The van der Waals surface area contributed by atoms with E-state index in [4.69, 9.17) is 9.47 Å². The SMILES string of the molecule is CCOCCS(=O)(=O)N[C@H](C(=O)OC(C)(C)C)C(C)C. The number of hydrogen-bond donors (Lipinski definition) is 1. The van der Waals surface area contributed by atoms with Crippen LogP contribution >= 0.6 is 0 Å². The molecule has 0 aromatic rings. The maximum atomic E-state index is 12.0. The molecular weight excluding hydrogens is 282 g/mol. The molecule has 0 bridgehead atoms. The molecule has 1 N–H and O–H groups in total. The van der Waals surface area contributed by atoms with Gasteiger partial charge < -0.3 is 9.47 Å². The van der Waals surface area contributed by atoms with E-state index in [9.17, 15) is 13.2 Å². The number of hydrogen-bond acceptors (Lipinski definition) is 5. The highest BCUT2D eigenvalue weighted by atomic mass is 32.2. The fourth-order valence-corrected chi connectivity index (χ4v) is 2.60. The normalized spacial score (nSPS) is 14.3. The molecule has 0 aliphatic rings. The Hall–Kier alpha value is -0.660. The van der Waals surface area contributed by atoms with Gasteiger partial charge in [0, 0.05) is 6.61 Å². The Balaban J connectivity index is 4.74. The van der Waals surface area contributed by atoms with Crippen molar-refractivity contribution in [3.05, 3.63) is 0 Å². The first kappa shape index (κ1) is 19.3. The van der Waals surface area contributed by atoms with E-state index >= 15 is 0 Å². The summed E-state index contributed by atoms with van der Waals surface area (Å²) in [6.07, 6.45) is 0. The molecule has 6 nitrogen and oxygen atoms in total. The van der Waals surface area contributed by atoms with Crippen molar-refractivity contribution in [3.8, 4) is 0 Å². The molecule has 0 saturated carbocycles. The number of esters is 1. The maximum Gasteiger partial charge on any atom is 0.324 e. The van der Waals surface area contributed by atoms with Crippen LogP contribution in [0.5, 0.6) is 0 Å². The van der Waals surface area contributed by atoms with E-state index in [-0.39, 0.29) is 18.3 Å². The van der Waals surface area contributed by atoms with Gasteiger partial charge in [-0.3, -0.25) is 4.79 Å². The van der Waals surface area contributed by atoms with E-state index < -0.39 is 27.6 Å². The van der Waals surface area contributed by atoms with E-state index in [0.717, 1.165) is 0 Å². The lowest BCUT2D eigenvalue weighted by atomic mass is 10.1.